The SMILES string of the molecule is CC(=O)CC[C@H]1OC(C)(C)O[C@@H]1C. The summed E-state index contributed by atoms with van der Waals surface area (Å²) in [6, 6.07) is 0. The lowest BCUT2D eigenvalue weighted by molar-refractivity contribution is -0.146. The fourth-order valence-electron chi connectivity index (χ4n) is 1.65. The van der Waals surface area contributed by atoms with Crippen LogP contribution in [-0.2, 0) is 14.3 Å². The fraction of sp³-hybridized carbons (Fsp3) is 0.900. The lowest BCUT2D eigenvalue weighted by Gasteiger charge is -2.16. The van der Waals surface area contributed by atoms with Gasteiger partial charge in [0.1, 0.15) is 5.78 Å². The molecule has 1 fully saturated rings. The second-order valence-corrected chi connectivity index (χ2v) is 4.12. The van der Waals surface area contributed by atoms with E-state index < -0.39 is 5.79 Å². The van der Waals surface area contributed by atoms with E-state index in [0.29, 0.717) is 6.42 Å². The molecule has 0 spiro atoms. The van der Waals surface area contributed by atoms with Crippen LogP contribution in [0.25, 0.3) is 0 Å². The lowest BCUT2D eigenvalue weighted by Crippen LogP contribution is -2.21. The van der Waals surface area contributed by atoms with Crippen LogP contribution >= 0.6 is 0 Å². The Morgan fingerprint density at radius 3 is 2.38 bits per heavy atom. The zero-order chi connectivity index (χ0) is 10.1. The number of ketones is 1. The number of carbonyl (C=O) groups is 1. The first-order valence-corrected chi connectivity index (χ1v) is 4.76. The molecule has 0 aromatic heterocycles. The highest BCUT2D eigenvalue weighted by molar-refractivity contribution is 5.75. The van der Waals surface area contributed by atoms with Crippen molar-refractivity contribution in [2.75, 3.05) is 0 Å². The maximum absolute atomic E-state index is 10.8. The molecule has 0 N–H and O–H groups in total. The predicted molar refractivity (Wildman–Crippen MR) is 49.4 cm³/mol. The summed E-state index contributed by atoms with van der Waals surface area (Å²) in [7, 11) is 0. The summed E-state index contributed by atoms with van der Waals surface area (Å²) in [6.45, 7) is 7.39. The summed E-state index contributed by atoms with van der Waals surface area (Å²) < 4.78 is 11.2. The molecule has 0 aromatic carbocycles. The Morgan fingerprint density at radius 2 is 2.00 bits per heavy atom. The Bertz CT molecular complexity index is 198. The normalized spacial score (nSPS) is 32.0. The first-order chi connectivity index (χ1) is 5.91. The van der Waals surface area contributed by atoms with Gasteiger partial charge < -0.3 is 14.3 Å². The van der Waals surface area contributed by atoms with Gasteiger partial charge in [0, 0.05) is 6.42 Å². The van der Waals surface area contributed by atoms with Gasteiger partial charge in [-0.05, 0) is 34.1 Å². The largest absolute Gasteiger partial charge is 0.345 e. The van der Waals surface area contributed by atoms with Gasteiger partial charge in [-0.3, -0.25) is 0 Å². The van der Waals surface area contributed by atoms with E-state index in [-0.39, 0.29) is 18.0 Å². The molecule has 0 unspecified atom stereocenters. The van der Waals surface area contributed by atoms with Crippen LogP contribution < -0.4 is 0 Å². The third kappa shape index (κ3) is 3.08. The highest BCUT2D eigenvalue weighted by Crippen LogP contribution is 2.30. The minimum absolute atomic E-state index is 0.0684. The molecule has 1 aliphatic rings. The van der Waals surface area contributed by atoms with Gasteiger partial charge in [-0.1, -0.05) is 0 Å². The molecular formula is C10H18O3. The van der Waals surface area contributed by atoms with Crippen molar-refractivity contribution in [3.63, 3.8) is 0 Å². The summed E-state index contributed by atoms with van der Waals surface area (Å²) in [6.07, 6.45) is 1.50. The number of hydrogen-bond donors (Lipinski definition) is 0. The molecule has 0 radical (unpaired) electrons. The molecule has 13 heavy (non-hydrogen) atoms. The standard InChI is InChI=1S/C10H18O3/c1-7(11)5-6-9-8(2)12-10(3,4)13-9/h8-9H,5-6H2,1-4H3/t8-,9-/m1/s1. The Labute approximate surface area is 79.4 Å². The number of ether oxygens (including phenoxy) is 2. The van der Waals surface area contributed by atoms with E-state index in [4.69, 9.17) is 9.47 Å². The maximum atomic E-state index is 10.8. The first kappa shape index (κ1) is 10.7. The van der Waals surface area contributed by atoms with Crippen molar-refractivity contribution in [2.24, 2.45) is 0 Å². The molecule has 76 valence electrons. The van der Waals surface area contributed by atoms with Crippen LogP contribution in [0.15, 0.2) is 0 Å². The topological polar surface area (TPSA) is 35.5 Å². The van der Waals surface area contributed by atoms with Crippen LogP contribution in [0.5, 0.6) is 0 Å². The Hall–Kier alpha value is -0.410. The molecule has 3 heteroatoms. The minimum atomic E-state index is -0.485. The third-order valence-corrected chi connectivity index (χ3v) is 2.21. The van der Waals surface area contributed by atoms with E-state index >= 15 is 0 Å². The third-order valence-electron chi connectivity index (χ3n) is 2.21. The molecule has 3 nitrogen and oxygen atoms in total. The number of Topliss-reactive ketones (excluding diaryl/α,β-unsaturated/α-hetero) is 1. The van der Waals surface area contributed by atoms with Crippen LogP contribution in [0, 0.1) is 0 Å². The molecule has 0 amide bonds. The van der Waals surface area contributed by atoms with E-state index in [2.05, 4.69) is 0 Å². The molecule has 2 atom stereocenters. The van der Waals surface area contributed by atoms with Crippen molar-refractivity contribution in [3.05, 3.63) is 0 Å². The van der Waals surface area contributed by atoms with Crippen LogP contribution in [0.1, 0.15) is 40.5 Å². The molecule has 0 aromatic rings. The van der Waals surface area contributed by atoms with Crippen molar-refractivity contribution >= 4 is 5.78 Å². The van der Waals surface area contributed by atoms with Gasteiger partial charge in [-0.2, -0.15) is 0 Å². The lowest BCUT2D eigenvalue weighted by atomic mass is 10.1. The molecule has 0 saturated carbocycles. The highest BCUT2D eigenvalue weighted by Gasteiger charge is 2.38. The van der Waals surface area contributed by atoms with Gasteiger partial charge in [-0.25, -0.2) is 0 Å². The summed E-state index contributed by atoms with van der Waals surface area (Å²) in [5.74, 6) is -0.276. The number of rotatable bonds is 3. The van der Waals surface area contributed by atoms with E-state index in [1.807, 2.05) is 20.8 Å². The monoisotopic (exact) mass is 186 g/mol. The van der Waals surface area contributed by atoms with Gasteiger partial charge in [0.05, 0.1) is 12.2 Å². The zero-order valence-electron chi connectivity index (χ0n) is 8.79. The van der Waals surface area contributed by atoms with Crippen LogP contribution in [0.2, 0.25) is 0 Å². The first-order valence-electron chi connectivity index (χ1n) is 4.76. The zero-order valence-corrected chi connectivity index (χ0v) is 8.79. The van der Waals surface area contributed by atoms with Gasteiger partial charge in [0.25, 0.3) is 0 Å². The van der Waals surface area contributed by atoms with Crippen molar-refractivity contribution in [3.8, 4) is 0 Å². The molecule has 1 saturated heterocycles. The summed E-state index contributed by atoms with van der Waals surface area (Å²) in [5.41, 5.74) is 0. The maximum Gasteiger partial charge on any atom is 0.163 e. The number of hydrogen-bond acceptors (Lipinski definition) is 3. The Kier molecular flexibility index (Phi) is 3.09. The average molecular weight is 186 g/mol. The van der Waals surface area contributed by atoms with Crippen LogP contribution in [0.3, 0.4) is 0 Å². The number of carbonyl (C=O) groups excluding carboxylic acids is 1. The molecular weight excluding hydrogens is 168 g/mol. The fourth-order valence-corrected chi connectivity index (χ4v) is 1.65. The molecule has 1 heterocycles. The Morgan fingerprint density at radius 1 is 1.38 bits per heavy atom. The van der Waals surface area contributed by atoms with E-state index in [0.717, 1.165) is 6.42 Å². The molecule has 1 aliphatic heterocycles. The highest BCUT2D eigenvalue weighted by atomic mass is 16.7. The second-order valence-electron chi connectivity index (χ2n) is 4.12. The van der Waals surface area contributed by atoms with Crippen molar-refractivity contribution in [1.29, 1.82) is 0 Å². The molecule has 1 rings (SSSR count). The smallest absolute Gasteiger partial charge is 0.163 e. The quantitative estimate of drug-likeness (QED) is 0.675. The van der Waals surface area contributed by atoms with E-state index in [1.54, 1.807) is 6.92 Å². The minimum Gasteiger partial charge on any atom is -0.345 e. The summed E-state index contributed by atoms with van der Waals surface area (Å²) in [4.78, 5) is 10.8. The summed E-state index contributed by atoms with van der Waals surface area (Å²) in [5, 5.41) is 0. The Balaban J connectivity index is 2.39. The van der Waals surface area contributed by atoms with Gasteiger partial charge in [0.15, 0.2) is 5.79 Å². The average Bonchev–Trinajstić information content (AvgIpc) is 2.20. The van der Waals surface area contributed by atoms with Crippen LogP contribution in [-0.4, -0.2) is 23.8 Å². The molecule has 0 bridgehead atoms. The van der Waals surface area contributed by atoms with Crippen molar-refractivity contribution in [2.45, 2.75) is 58.5 Å². The van der Waals surface area contributed by atoms with E-state index in [9.17, 15) is 4.79 Å². The van der Waals surface area contributed by atoms with Crippen molar-refractivity contribution < 1.29 is 14.3 Å². The van der Waals surface area contributed by atoms with E-state index in [1.165, 1.54) is 0 Å². The second kappa shape index (κ2) is 3.76. The van der Waals surface area contributed by atoms with Gasteiger partial charge in [0.2, 0.25) is 0 Å². The predicted octanol–water partition coefficient (Wildman–Crippen LogP) is 1.90. The molecule has 0 aliphatic carbocycles. The van der Waals surface area contributed by atoms with Crippen molar-refractivity contribution in [1.82, 2.24) is 0 Å². The van der Waals surface area contributed by atoms with Gasteiger partial charge in [-0.15, -0.1) is 0 Å². The summed E-state index contributed by atoms with van der Waals surface area (Å²) >= 11 is 0. The van der Waals surface area contributed by atoms with Gasteiger partial charge >= 0.3 is 0 Å². The van der Waals surface area contributed by atoms with Crippen LogP contribution in [0.4, 0.5) is 0 Å².